The third kappa shape index (κ3) is 21.3. The number of carbonyl (C=O) groups is 9. The molecule has 6 aliphatic heterocycles. The first kappa shape index (κ1) is 98.9. The molecule has 16 rings (SSSR count). The van der Waals surface area contributed by atoms with Gasteiger partial charge < -0.3 is 104 Å². The van der Waals surface area contributed by atoms with Gasteiger partial charge in [-0.05, 0) is 175 Å². The number of benzene rings is 6. The van der Waals surface area contributed by atoms with Gasteiger partial charge in [0.2, 0.25) is 17.7 Å². The second-order valence-electron chi connectivity index (χ2n) is 38.3. The predicted molar refractivity (Wildman–Crippen MR) is 511 cm³/mol. The van der Waals surface area contributed by atoms with Crippen molar-refractivity contribution in [3.05, 3.63) is 132 Å². The number of ether oxygens (including phenoxy) is 9. The van der Waals surface area contributed by atoms with E-state index in [1.807, 2.05) is 108 Å². The minimum atomic E-state index is -1.04. The molecule has 10 aromatic rings. The molecule has 6 aromatic carbocycles. The van der Waals surface area contributed by atoms with Gasteiger partial charge in [0.05, 0.1) is 112 Å². The van der Waals surface area contributed by atoms with Gasteiger partial charge in [-0.2, -0.15) is 0 Å². The van der Waals surface area contributed by atoms with Crippen molar-refractivity contribution in [1.82, 2.24) is 80.7 Å². The van der Waals surface area contributed by atoms with E-state index in [0.29, 0.717) is 83.5 Å². The summed E-state index contributed by atoms with van der Waals surface area (Å²) in [5, 5.41) is 23.3. The van der Waals surface area contributed by atoms with E-state index in [4.69, 9.17) is 62.9 Å². The number of hydrogen-bond acceptors (Lipinski definition) is 22. The number of likely N-dealkylation sites (tertiary alicyclic amines) is 4. The van der Waals surface area contributed by atoms with Crippen molar-refractivity contribution in [3.63, 3.8) is 0 Å². The van der Waals surface area contributed by atoms with Crippen molar-refractivity contribution in [2.24, 2.45) is 47.3 Å². The fraction of sp³-hybridized carbons (Fsp3) is 0.515. The number of fused-ring (bicyclic) bond motifs is 12. The quantitative estimate of drug-likeness (QED) is 0.0227. The Hall–Kier alpha value is -13.1. The van der Waals surface area contributed by atoms with Gasteiger partial charge in [0.1, 0.15) is 77.8 Å². The molecule has 35 nitrogen and oxygen atoms in total. The molecule has 0 aliphatic carbocycles. The van der Waals surface area contributed by atoms with Crippen LogP contribution in [0.1, 0.15) is 200 Å². The van der Waals surface area contributed by atoms with Crippen LogP contribution in [0.15, 0.2) is 97.3 Å². The van der Waals surface area contributed by atoms with E-state index in [-0.39, 0.29) is 95.3 Å². The van der Waals surface area contributed by atoms with Gasteiger partial charge in [0.25, 0.3) is 0 Å². The Balaban J connectivity index is 0.000000193. The highest BCUT2D eigenvalue weighted by Gasteiger charge is 2.47. The van der Waals surface area contributed by atoms with Crippen molar-refractivity contribution in [1.29, 1.82) is 0 Å². The lowest BCUT2D eigenvalue weighted by molar-refractivity contribution is -0.141. The van der Waals surface area contributed by atoms with Crippen LogP contribution in [0.5, 0.6) is 11.5 Å². The summed E-state index contributed by atoms with van der Waals surface area (Å²) in [7, 11) is 8.45. The zero-order valence-corrected chi connectivity index (χ0v) is 81.2. The Morgan fingerprint density at radius 1 is 0.449 bits per heavy atom. The van der Waals surface area contributed by atoms with Crippen LogP contribution in [0.4, 0.5) is 24.0 Å². The molecule has 4 saturated heterocycles. The van der Waals surface area contributed by atoms with E-state index >= 15 is 0 Å². The molecule has 728 valence electrons. The molecule has 10 heterocycles. The van der Waals surface area contributed by atoms with Crippen LogP contribution in [0.2, 0.25) is 0 Å². The van der Waals surface area contributed by atoms with Crippen molar-refractivity contribution in [2.45, 2.75) is 209 Å². The number of imidazole rings is 4. The minimum absolute atomic E-state index is 0.0690. The predicted octanol–water partition coefficient (Wildman–Crippen LogP) is 16.8. The summed E-state index contributed by atoms with van der Waals surface area (Å²) in [6.45, 7) is 29.3. The molecule has 9 N–H and O–H groups in total. The molecule has 4 fully saturated rings. The number of aliphatic carboxylic acids is 1. The average molecular weight is 1870 g/mol. The standard InChI is InChI=1S/C48H60N8O8.C45H55N7O7.C8H15NO4/c1-9-26(4)40(53-47(59)62-7)45(57)55-21-25(3)15-37(55)43-49-20-36(51-43)30-11-13-32-31(17-30)24-64-39-19-33-29(18-34(32)39)12-14-35-42(33)52-44(50-35)38-16-28(23-61-6)22-56(38)46(58)41(27(5)10-2)54-48(60)63-8;1-9-25(3)38(50-43(54)57-8)42(53)51-20-24(2)14-35(51)40-46-19-34(48-40)28-10-12-30-29(16-28)23-58-37-18-31-27(17-32(30)37)11-13-33-39(31)49-41(47-33)36-15-26(22-56-7)21-52(36)44(55)59-45(4,5)6;1-4-5(2)6(7(10)11)9-8(12)13-3/h11-14,17-20,25-28,37-38,40-41H,9-10,15-16,21-24H2,1-8H3,(H,49,51)(H,50,52)(H,53,59)(H,54,60);10-13,16-19,24-26,35-36,38H,9,14-15,20-23H2,1-8H3,(H,46,48)(H,47,49)(H,50,54);5-6H,4H2,1-3H3,(H,9,12)(H,10,11)/t25-,26-,27-,28-,37?,38-,40-,41?;24-,25-,26-,35?,36-,38-;5-,6?/m000/s1. The van der Waals surface area contributed by atoms with Crippen LogP contribution in [0.25, 0.3) is 88.4 Å². The summed E-state index contributed by atoms with van der Waals surface area (Å²) >= 11 is 0. The molecule has 6 aliphatic rings. The number of rotatable bonds is 26. The number of carboxylic acid groups (broad SMARTS) is 1. The second kappa shape index (κ2) is 42.5. The molecular weight excluding hydrogens is 1740 g/mol. The van der Waals surface area contributed by atoms with Gasteiger partial charge in [-0.1, -0.05) is 131 Å². The Kier molecular flexibility index (Phi) is 30.9. The Morgan fingerprint density at radius 3 is 1.18 bits per heavy atom. The molecule has 0 saturated carbocycles. The molecule has 136 heavy (non-hydrogen) atoms. The Morgan fingerprint density at radius 2 is 0.809 bits per heavy atom. The zero-order chi connectivity index (χ0) is 97.6. The number of nitrogens with zero attached hydrogens (tertiary/aromatic N) is 8. The lowest BCUT2D eigenvalue weighted by Crippen LogP contribution is -2.51. The number of H-pyrrole nitrogens is 4. The maximum atomic E-state index is 14.2. The van der Waals surface area contributed by atoms with E-state index < -0.39 is 60.1 Å². The van der Waals surface area contributed by atoms with E-state index in [0.717, 1.165) is 155 Å². The van der Waals surface area contributed by atoms with Gasteiger partial charge in [0.15, 0.2) is 0 Å². The van der Waals surface area contributed by atoms with E-state index in [1.54, 1.807) is 26.0 Å². The fourth-order valence-corrected chi connectivity index (χ4v) is 19.5. The minimum Gasteiger partial charge on any atom is -0.488 e. The van der Waals surface area contributed by atoms with Crippen molar-refractivity contribution < 1.29 is 90.9 Å². The SMILES string of the molecule is CC[C@H](C)C(NC(=O)OC)C(=O)N1C[C@@H](COC)C[C@H]1c1nc2c(ccc3cc4c(cc32)OCc2cc(-c3cnc(C5C[C@H](C)CN5C(=O)[C@@H](NC(=O)OC)[C@@H](C)CC)[nH]3)ccc2-4)[nH]1.CC[C@H](C)C(NC(=O)OC)C(=O)O.CC[C@H](C)[C@H](NC(=O)OC)C(=O)N1C[C@@H](C)CC1c1ncc(-c2ccc3c(c2)COc2cc4c(ccc5[nH]c([C@@H]6C[C@H](COC)CN6C(=O)OC(C)(C)C)nc54)cc2-3)[nH]1. The monoisotopic (exact) mass is 1870 g/mol. The number of methoxy groups -OCH3 is 6. The average Bonchev–Trinajstić information content (AvgIpc) is 1.45. The van der Waals surface area contributed by atoms with Gasteiger partial charge >= 0.3 is 36.4 Å². The van der Waals surface area contributed by atoms with Crippen molar-refractivity contribution >= 4 is 97.8 Å². The molecule has 0 spiro atoms. The summed E-state index contributed by atoms with van der Waals surface area (Å²) in [5.41, 5.74) is 12.6. The highest BCUT2D eigenvalue weighted by Crippen LogP contribution is 2.48. The summed E-state index contributed by atoms with van der Waals surface area (Å²) in [6, 6.07) is 25.2. The maximum absolute atomic E-state index is 14.2. The molecule has 0 bridgehead atoms. The topological polar surface area (TPSA) is 433 Å². The van der Waals surface area contributed by atoms with Crippen LogP contribution in [0, 0.1) is 47.3 Å². The van der Waals surface area contributed by atoms with E-state index in [2.05, 4.69) is 133 Å². The molecular formula is C101H130N16O19. The number of alkyl carbamates (subject to hydrolysis) is 4. The number of carbonyl (C=O) groups excluding carboxylic acids is 8. The molecule has 35 heteroatoms. The fourth-order valence-electron chi connectivity index (χ4n) is 19.5. The smallest absolute Gasteiger partial charge is 0.410 e. The van der Waals surface area contributed by atoms with E-state index in [9.17, 15) is 43.2 Å². The van der Waals surface area contributed by atoms with Gasteiger partial charge in [-0.25, -0.2) is 48.7 Å². The molecule has 4 aromatic heterocycles. The largest absolute Gasteiger partial charge is 0.488 e. The number of nitrogens with one attached hydrogen (secondary N) is 8. The van der Waals surface area contributed by atoms with Gasteiger partial charge in [-0.15, -0.1) is 0 Å². The number of amides is 8. The number of aromatic nitrogens is 8. The highest BCUT2D eigenvalue weighted by atomic mass is 16.6. The summed E-state index contributed by atoms with van der Waals surface area (Å²) in [4.78, 5) is 155. The lowest BCUT2D eigenvalue weighted by atomic mass is 9.92. The number of hydrogen-bond donors (Lipinski definition) is 9. The van der Waals surface area contributed by atoms with Gasteiger partial charge in [0, 0.05) is 74.1 Å². The van der Waals surface area contributed by atoms with Crippen molar-refractivity contribution in [3.8, 4) is 56.3 Å². The van der Waals surface area contributed by atoms with Crippen molar-refractivity contribution in [2.75, 3.05) is 82.1 Å². The third-order valence-electron chi connectivity index (χ3n) is 27.6. The van der Waals surface area contributed by atoms with Crippen LogP contribution in [0.3, 0.4) is 0 Å². The second-order valence-corrected chi connectivity index (χ2v) is 38.3. The molecule has 16 atom stereocenters. The van der Waals surface area contributed by atoms with Crippen LogP contribution in [-0.2, 0) is 65.5 Å². The summed E-state index contributed by atoms with van der Waals surface area (Å²) < 4.78 is 48.6. The lowest BCUT2D eigenvalue weighted by Gasteiger charge is -2.30. The molecule has 4 unspecified atom stereocenters. The van der Waals surface area contributed by atoms with Gasteiger partial charge in [-0.3, -0.25) is 19.3 Å². The van der Waals surface area contributed by atoms with Crippen LogP contribution < -0.4 is 30.7 Å². The first-order valence-electron chi connectivity index (χ1n) is 47.2. The third-order valence-corrected chi connectivity index (χ3v) is 27.6. The first-order valence-corrected chi connectivity index (χ1v) is 47.2. The van der Waals surface area contributed by atoms with Crippen LogP contribution >= 0.6 is 0 Å². The molecule has 0 radical (unpaired) electrons. The Bertz CT molecular complexity index is 6060. The van der Waals surface area contributed by atoms with Crippen LogP contribution in [-0.4, -0.2) is 231 Å². The summed E-state index contributed by atoms with van der Waals surface area (Å²) in [6.07, 6.45) is 6.41. The number of carboxylic acids is 1. The highest BCUT2D eigenvalue weighted by molar-refractivity contribution is 6.08. The normalized spacial score (nSPS) is 20.5. The number of aromatic amines is 4. The Labute approximate surface area is 791 Å². The zero-order valence-electron chi connectivity index (χ0n) is 81.2. The molecule has 8 amide bonds. The maximum Gasteiger partial charge on any atom is 0.410 e. The summed E-state index contributed by atoms with van der Waals surface area (Å²) in [5.74, 6) is 3.32. The van der Waals surface area contributed by atoms with E-state index in [1.165, 1.54) is 28.4 Å². The first-order chi connectivity index (χ1) is 65.1.